The number of nitrogens with one attached hydrogen (secondary N) is 1. The number of hydrogen-bond donors (Lipinski definition) is 2. The van der Waals surface area contributed by atoms with Crippen molar-refractivity contribution in [3.63, 3.8) is 0 Å². The molecule has 0 aliphatic rings. The van der Waals surface area contributed by atoms with Crippen LogP contribution in [-0.2, 0) is 9.53 Å². The van der Waals surface area contributed by atoms with Gasteiger partial charge >= 0.3 is 5.97 Å². The predicted octanol–water partition coefficient (Wildman–Crippen LogP) is 3.48. The number of aromatic nitrogens is 1. The first-order valence-corrected chi connectivity index (χ1v) is 9.29. The van der Waals surface area contributed by atoms with Crippen molar-refractivity contribution in [2.75, 3.05) is 11.1 Å². The molecule has 9 nitrogen and oxygen atoms in total. The lowest BCUT2D eigenvalue weighted by molar-refractivity contribution is -0.384. The van der Waals surface area contributed by atoms with Crippen LogP contribution in [0.5, 0.6) is 0 Å². The van der Waals surface area contributed by atoms with Gasteiger partial charge in [0, 0.05) is 28.8 Å². The van der Waals surface area contributed by atoms with Crippen molar-refractivity contribution in [3.8, 4) is 11.3 Å². The summed E-state index contributed by atoms with van der Waals surface area (Å²) in [6.07, 6.45) is -1.06. The fourth-order valence-electron chi connectivity index (χ4n) is 2.40. The van der Waals surface area contributed by atoms with Crippen LogP contribution < -0.4 is 11.1 Å². The summed E-state index contributed by atoms with van der Waals surface area (Å²) < 4.78 is 5.15. The molecule has 0 radical (unpaired) electrons. The molecule has 1 atom stereocenters. The molecule has 1 unspecified atom stereocenters. The minimum absolute atomic E-state index is 0.0526. The Morgan fingerprint density at radius 1 is 1.24 bits per heavy atom. The van der Waals surface area contributed by atoms with Crippen molar-refractivity contribution in [3.05, 3.63) is 69.6 Å². The Labute approximate surface area is 169 Å². The molecule has 2 aromatic carbocycles. The first-order chi connectivity index (χ1) is 13.8. The SMILES string of the molecule is CC(OC(=O)c1cccc(N)c1)C(=O)Nc1nc(-c2cccc([N+](=O)[O-])c2)cs1. The van der Waals surface area contributed by atoms with Gasteiger partial charge in [-0.05, 0) is 25.1 Å². The largest absolute Gasteiger partial charge is 0.449 e. The molecular weight excluding hydrogens is 396 g/mol. The quantitative estimate of drug-likeness (QED) is 0.273. The topological polar surface area (TPSA) is 137 Å². The van der Waals surface area contributed by atoms with Gasteiger partial charge in [-0.15, -0.1) is 11.3 Å². The molecule has 0 aliphatic carbocycles. The van der Waals surface area contributed by atoms with E-state index in [0.717, 1.165) is 11.3 Å². The molecule has 0 fully saturated rings. The van der Waals surface area contributed by atoms with Gasteiger partial charge < -0.3 is 10.5 Å². The molecule has 3 N–H and O–H groups in total. The lowest BCUT2D eigenvalue weighted by Gasteiger charge is -2.12. The Morgan fingerprint density at radius 3 is 2.72 bits per heavy atom. The molecular formula is C19H16N4O5S. The predicted molar refractivity (Wildman–Crippen MR) is 109 cm³/mol. The smallest absolute Gasteiger partial charge is 0.338 e. The van der Waals surface area contributed by atoms with E-state index in [9.17, 15) is 19.7 Å². The maximum absolute atomic E-state index is 12.3. The van der Waals surface area contributed by atoms with Gasteiger partial charge in [0.1, 0.15) is 0 Å². The number of rotatable bonds is 6. The van der Waals surface area contributed by atoms with E-state index in [0.29, 0.717) is 16.9 Å². The molecule has 0 saturated heterocycles. The lowest BCUT2D eigenvalue weighted by atomic mass is 10.1. The van der Waals surface area contributed by atoms with Gasteiger partial charge in [-0.3, -0.25) is 20.2 Å². The lowest BCUT2D eigenvalue weighted by Crippen LogP contribution is -2.30. The van der Waals surface area contributed by atoms with E-state index < -0.39 is 22.9 Å². The monoisotopic (exact) mass is 412 g/mol. The highest BCUT2D eigenvalue weighted by Crippen LogP contribution is 2.27. The van der Waals surface area contributed by atoms with Gasteiger partial charge in [0.25, 0.3) is 11.6 Å². The number of nitrogens with zero attached hydrogens (tertiary/aromatic N) is 2. The van der Waals surface area contributed by atoms with Crippen molar-refractivity contribution >= 4 is 39.7 Å². The number of thiazole rings is 1. The van der Waals surface area contributed by atoms with Crippen LogP contribution in [0.2, 0.25) is 0 Å². The number of esters is 1. The second-order valence-electron chi connectivity index (χ2n) is 6.01. The summed E-state index contributed by atoms with van der Waals surface area (Å²) in [5.41, 5.74) is 7.27. The second kappa shape index (κ2) is 8.48. The first kappa shape index (κ1) is 20.0. The van der Waals surface area contributed by atoms with Crippen molar-refractivity contribution < 1.29 is 19.2 Å². The number of carbonyl (C=O) groups is 2. The summed E-state index contributed by atoms with van der Waals surface area (Å²) in [6.45, 7) is 1.44. The summed E-state index contributed by atoms with van der Waals surface area (Å²) in [6, 6.07) is 12.3. The molecule has 1 heterocycles. The number of non-ortho nitro benzene ring substituents is 1. The highest BCUT2D eigenvalue weighted by Gasteiger charge is 2.20. The van der Waals surface area contributed by atoms with Crippen molar-refractivity contribution in [1.82, 2.24) is 4.98 Å². The van der Waals surface area contributed by atoms with Gasteiger partial charge in [0.05, 0.1) is 16.2 Å². The zero-order chi connectivity index (χ0) is 21.0. The summed E-state index contributed by atoms with van der Waals surface area (Å²) >= 11 is 1.15. The van der Waals surface area contributed by atoms with Crippen molar-refractivity contribution in [2.24, 2.45) is 0 Å². The Hall–Kier alpha value is -3.79. The Kier molecular flexibility index (Phi) is 5.84. The normalized spacial score (nSPS) is 11.5. The Balaban J connectivity index is 1.64. The molecule has 0 spiro atoms. The molecule has 0 aliphatic heterocycles. The molecule has 10 heteroatoms. The van der Waals surface area contributed by atoms with E-state index in [-0.39, 0.29) is 16.4 Å². The van der Waals surface area contributed by atoms with Gasteiger partial charge in [-0.2, -0.15) is 0 Å². The minimum Gasteiger partial charge on any atom is -0.449 e. The number of amides is 1. The van der Waals surface area contributed by atoms with Gasteiger partial charge in [0.15, 0.2) is 11.2 Å². The third kappa shape index (κ3) is 4.93. The van der Waals surface area contributed by atoms with Crippen molar-refractivity contribution in [2.45, 2.75) is 13.0 Å². The number of anilines is 2. The number of nitro groups is 1. The van der Waals surface area contributed by atoms with Crippen molar-refractivity contribution in [1.29, 1.82) is 0 Å². The van der Waals surface area contributed by atoms with Crippen LogP contribution in [0.1, 0.15) is 17.3 Å². The maximum atomic E-state index is 12.3. The average Bonchev–Trinajstić information content (AvgIpc) is 3.16. The third-order valence-corrected chi connectivity index (χ3v) is 4.62. The van der Waals surface area contributed by atoms with E-state index in [1.165, 1.54) is 31.2 Å². The number of nitrogen functional groups attached to an aromatic ring is 1. The van der Waals surface area contributed by atoms with Gasteiger partial charge in [0.2, 0.25) is 0 Å². The van der Waals surface area contributed by atoms with E-state index in [2.05, 4.69) is 10.3 Å². The van der Waals surface area contributed by atoms with E-state index in [1.54, 1.807) is 29.6 Å². The number of hydrogen-bond acceptors (Lipinski definition) is 8. The second-order valence-corrected chi connectivity index (χ2v) is 6.87. The summed E-state index contributed by atoms with van der Waals surface area (Å²) in [7, 11) is 0. The maximum Gasteiger partial charge on any atom is 0.338 e. The number of benzene rings is 2. The molecule has 0 saturated carbocycles. The Bertz CT molecular complexity index is 1080. The highest BCUT2D eigenvalue weighted by molar-refractivity contribution is 7.14. The fraction of sp³-hybridized carbons (Fsp3) is 0.105. The first-order valence-electron chi connectivity index (χ1n) is 8.41. The molecule has 1 amide bonds. The number of nitrogens with two attached hydrogens (primary N) is 1. The molecule has 3 rings (SSSR count). The van der Waals surface area contributed by atoms with Crippen LogP contribution in [0.4, 0.5) is 16.5 Å². The molecule has 0 bridgehead atoms. The number of nitro benzene ring substituents is 1. The molecule has 3 aromatic rings. The molecule has 148 valence electrons. The van der Waals surface area contributed by atoms with Crippen LogP contribution in [0.25, 0.3) is 11.3 Å². The average molecular weight is 412 g/mol. The molecule has 29 heavy (non-hydrogen) atoms. The van der Waals surface area contributed by atoms with Crippen LogP contribution >= 0.6 is 11.3 Å². The van der Waals surface area contributed by atoms with Gasteiger partial charge in [-0.25, -0.2) is 9.78 Å². The Morgan fingerprint density at radius 2 is 2.00 bits per heavy atom. The number of ether oxygens (including phenoxy) is 1. The molecule has 1 aromatic heterocycles. The van der Waals surface area contributed by atoms with Crippen LogP contribution in [-0.4, -0.2) is 27.9 Å². The summed E-state index contributed by atoms with van der Waals surface area (Å²) in [5.74, 6) is -1.22. The number of carbonyl (C=O) groups excluding carboxylic acids is 2. The van der Waals surface area contributed by atoms with Crippen LogP contribution in [0, 0.1) is 10.1 Å². The van der Waals surface area contributed by atoms with E-state index >= 15 is 0 Å². The minimum atomic E-state index is -1.06. The van der Waals surface area contributed by atoms with Crippen LogP contribution in [0.15, 0.2) is 53.9 Å². The zero-order valence-corrected chi connectivity index (χ0v) is 16.0. The van der Waals surface area contributed by atoms with E-state index in [4.69, 9.17) is 10.5 Å². The zero-order valence-electron chi connectivity index (χ0n) is 15.2. The van der Waals surface area contributed by atoms with Gasteiger partial charge in [-0.1, -0.05) is 18.2 Å². The summed E-state index contributed by atoms with van der Waals surface area (Å²) in [4.78, 5) is 39.1. The van der Waals surface area contributed by atoms with E-state index in [1.807, 2.05) is 0 Å². The summed E-state index contributed by atoms with van der Waals surface area (Å²) in [5, 5.41) is 15.4. The van der Waals surface area contributed by atoms with Crippen LogP contribution in [0.3, 0.4) is 0 Å². The highest BCUT2D eigenvalue weighted by atomic mass is 32.1. The third-order valence-electron chi connectivity index (χ3n) is 3.86. The standard InChI is InChI=1S/C19H16N4O5S/c1-11(28-18(25)13-5-2-6-14(20)8-13)17(24)22-19-21-16(10-29-19)12-4-3-7-15(9-12)23(26)27/h2-11H,20H2,1H3,(H,21,22,24). The fourth-order valence-corrected chi connectivity index (χ4v) is 3.12.